The van der Waals surface area contributed by atoms with Crippen molar-refractivity contribution in [1.82, 2.24) is 30.3 Å². The van der Waals surface area contributed by atoms with E-state index in [0.29, 0.717) is 28.5 Å². The molecule has 0 aromatic carbocycles. The first-order chi connectivity index (χ1) is 16.6. The smallest absolute Gasteiger partial charge is 0.263 e. The minimum Gasteiger partial charge on any atom is -0.473 e. The number of rotatable bonds is 4. The molecule has 0 aliphatic carbocycles. The molecular formula is C25H28FN7O2. The quantitative estimate of drug-likeness (QED) is 0.616. The fourth-order valence-electron chi connectivity index (χ4n) is 6.02. The largest absolute Gasteiger partial charge is 0.473 e. The lowest BCUT2D eigenvalue weighted by atomic mass is 9.86. The summed E-state index contributed by atoms with van der Waals surface area (Å²) in [5.41, 5.74) is 2.05. The van der Waals surface area contributed by atoms with Crippen LogP contribution in [0.15, 0.2) is 24.5 Å². The highest BCUT2D eigenvalue weighted by Crippen LogP contribution is 2.43. The van der Waals surface area contributed by atoms with Gasteiger partial charge in [0.25, 0.3) is 5.91 Å². The van der Waals surface area contributed by atoms with E-state index >= 15 is 4.39 Å². The van der Waals surface area contributed by atoms with Crippen LogP contribution < -0.4 is 15.0 Å². The minimum atomic E-state index is -0.637. The van der Waals surface area contributed by atoms with E-state index < -0.39 is 11.7 Å². The second-order valence-corrected chi connectivity index (χ2v) is 10.6. The third-order valence-electron chi connectivity index (χ3n) is 7.53. The van der Waals surface area contributed by atoms with Crippen LogP contribution in [0.25, 0.3) is 11.3 Å². The van der Waals surface area contributed by atoms with Gasteiger partial charge in [-0.25, -0.2) is 4.39 Å². The third kappa shape index (κ3) is 3.67. The van der Waals surface area contributed by atoms with Crippen LogP contribution in [0.1, 0.15) is 61.1 Å². The highest BCUT2D eigenvalue weighted by Gasteiger charge is 2.49. The van der Waals surface area contributed by atoms with Crippen molar-refractivity contribution in [2.45, 2.75) is 70.2 Å². The Morgan fingerprint density at radius 1 is 1.17 bits per heavy atom. The van der Waals surface area contributed by atoms with E-state index in [-0.39, 0.29) is 35.0 Å². The predicted octanol–water partition coefficient (Wildman–Crippen LogP) is 3.32. The number of nitrogens with one attached hydrogen (secondary N) is 1. The van der Waals surface area contributed by atoms with Crippen LogP contribution in [0, 0.1) is 12.7 Å². The van der Waals surface area contributed by atoms with Gasteiger partial charge in [-0.2, -0.15) is 5.10 Å². The summed E-state index contributed by atoms with van der Waals surface area (Å²) in [6, 6.07) is 3.43. The SMILES string of the molecule is Cc1nn(C)cc1-c1ncc2c(c1F)C(=O)N(c1ccc(OC3C[C@]4(C)CC[C@](C)(C3)N4)nn1)C2. The van der Waals surface area contributed by atoms with E-state index in [0.717, 1.165) is 25.7 Å². The summed E-state index contributed by atoms with van der Waals surface area (Å²) in [6.07, 6.45) is 7.41. The van der Waals surface area contributed by atoms with Crippen molar-refractivity contribution >= 4 is 11.7 Å². The van der Waals surface area contributed by atoms with Crippen molar-refractivity contribution < 1.29 is 13.9 Å². The highest BCUT2D eigenvalue weighted by molar-refractivity contribution is 6.10. The molecule has 6 heterocycles. The molecular weight excluding hydrogens is 449 g/mol. The van der Waals surface area contributed by atoms with Crippen LogP contribution in [0.5, 0.6) is 5.88 Å². The molecule has 1 amide bonds. The summed E-state index contributed by atoms with van der Waals surface area (Å²) in [4.78, 5) is 18.9. The van der Waals surface area contributed by atoms with Gasteiger partial charge in [-0.1, -0.05) is 0 Å². The highest BCUT2D eigenvalue weighted by atomic mass is 19.1. The number of fused-ring (bicyclic) bond motifs is 3. The molecule has 10 heteroatoms. The summed E-state index contributed by atoms with van der Waals surface area (Å²) < 4.78 is 23.2. The van der Waals surface area contributed by atoms with Gasteiger partial charge in [0.15, 0.2) is 11.6 Å². The van der Waals surface area contributed by atoms with Crippen LogP contribution in [-0.4, -0.2) is 48.1 Å². The molecule has 2 saturated heterocycles. The van der Waals surface area contributed by atoms with E-state index in [9.17, 15) is 4.79 Å². The van der Waals surface area contributed by atoms with Gasteiger partial charge in [0.2, 0.25) is 5.88 Å². The molecule has 6 rings (SSSR count). The Labute approximate surface area is 202 Å². The average molecular weight is 478 g/mol. The topological polar surface area (TPSA) is 98.1 Å². The molecule has 2 bridgehead atoms. The summed E-state index contributed by atoms with van der Waals surface area (Å²) >= 11 is 0. The maximum Gasteiger partial charge on any atom is 0.263 e. The van der Waals surface area contributed by atoms with Crippen LogP contribution in [0.3, 0.4) is 0 Å². The van der Waals surface area contributed by atoms with Gasteiger partial charge in [0.05, 0.1) is 17.8 Å². The molecule has 2 fully saturated rings. The Kier molecular flexibility index (Phi) is 4.76. The number of hydrogen-bond acceptors (Lipinski definition) is 7. The predicted molar refractivity (Wildman–Crippen MR) is 127 cm³/mol. The molecule has 1 unspecified atom stereocenters. The van der Waals surface area contributed by atoms with Gasteiger partial charge in [0, 0.05) is 60.6 Å². The number of piperidine rings is 1. The van der Waals surface area contributed by atoms with Crippen LogP contribution in [0.4, 0.5) is 10.2 Å². The number of hydrogen-bond donors (Lipinski definition) is 1. The zero-order valence-electron chi connectivity index (χ0n) is 20.3. The first-order valence-electron chi connectivity index (χ1n) is 11.9. The number of aromatic nitrogens is 5. The minimum absolute atomic E-state index is 0.0204. The first-order valence-corrected chi connectivity index (χ1v) is 11.9. The third-order valence-corrected chi connectivity index (χ3v) is 7.53. The fourth-order valence-corrected chi connectivity index (χ4v) is 6.02. The zero-order valence-corrected chi connectivity index (χ0v) is 20.3. The first kappa shape index (κ1) is 22.1. The maximum absolute atomic E-state index is 15.4. The molecule has 182 valence electrons. The zero-order chi connectivity index (χ0) is 24.5. The number of ether oxygens (including phenoxy) is 1. The van der Waals surface area contributed by atoms with Gasteiger partial charge in [-0.3, -0.25) is 19.4 Å². The lowest BCUT2D eigenvalue weighted by molar-refractivity contribution is 0.0753. The van der Waals surface area contributed by atoms with E-state index in [1.165, 1.54) is 4.90 Å². The normalized spacial score (nSPS) is 27.4. The fraction of sp³-hybridized carbons (Fsp3) is 0.480. The number of amides is 1. The Morgan fingerprint density at radius 2 is 1.91 bits per heavy atom. The Bertz CT molecular complexity index is 1320. The number of anilines is 1. The lowest BCUT2D eigenvalue weighted by Crippen LogP contribution is -2.56. The van der Waals surface area contributed by atoms with Crippen molar-refractivity contribution in [2.24, 2.45) is 7.05 Å². The molecule has 3 atom stereocenters. The molecule has 0 saturated carbocycles. The molecule has 35 heavy (non-hydrogen) atoms. The second-order valence-electron chi connectivity index (χ2n) is 10.6. The van der Waals surface area contributed by atoms with Crippen molar-refractivity contribution in [1.29, 1.82) is 0 Å². The standard InChI is InChI=1S/C25H28FN7O2/c1-14-17(13-32(4)30-14)22-21(26)20-15(11-27-22)12-33(23(20)34)18-5-6-19(29-28-18)35-16-9-24(2)7-8-25(3,10-16)31-24/h5-6,11,13,16,31H,7-10,12H2,1-4H3/t16?,24-,25+. The van der Waals surface area contributed by atoms with Crippen LogP contribution in [0.2, 0.25) is 0 Å². The van der Waals surface area contributed by atoms with Crippen molar-refractivity contribution in [3.8, 4) is 17.1 Å². The molecule has 1 N–H and O–H groups in total. The summed E-state index contributed by atoms with van der Waals surface area (Å²) in [5, 5.41) is 16.5. The number of nitrogens with zero attached hydrogens (tertiary/aromatic N) is 6. The maximum atomic E-state index is 15.4. The Morgan fingerprint density at radius 3 is 2.54 bits per heavy atom. The van der Waals surface area contributed by atoms with Gasteiger partial charge < -0.3 is 10.1 Å². The molecule has 3 aromatic heterocycles. The number of halogens is 1. The molecule has 9 nitrogen and oxygen atoms in total. The van der Waals surface area contributed by atoms with E-state index in [1.807, 2.05) is 0 Å². The van der Waals surface area contributed by atoms with Gasteiger partial charge in [0.1, 0.15) is 11.8 Å². The number of pyridine rings is 1. The van der Waals surface area contributed by atoms with Crippen molar-refractivity contribution in [2.75, 3.05) is 4.90 Å². The van der Waals surface area contributed by atoms with Crippen molar-refractivity contribution in [3.63, 3.8) is 0 Å². The summed E-state index contributed by atoms with van der Waals surface area (Å²) in [6.45, 7) is 6.46. The molecule has 3 aromatic rings. The van der Waals surface area contributed by atoms with Gasteiger partial charge in [-0.05, 0) is 39.7 Å². The molecule has 3 aliphatic rings. The van der Waals surface area contributed by atoms with Gasteiger partial charge >= 0.3 is 0 Å². The lowest BCUT2D eigenvalue weighted by Gasteiger charge is -2.41. The summed E-state index contributed by atoms with van der Waals surface area (Å²) in [5.74, 6) is -0.317. The number of aryl methyl sites for hydroxylation is 2. The van der Waals surface area contributed by atoms with Crippen LogP contribution >= 0.6 is 0 Å². The number of carbonyl (C=O) groups excluding carboxylic acids is 1. The Hall–Kier alpha value is -3.40. The van der Waals surface area contributed by atoms with Crippen LogP contribution in [-0.2, 0) is 13.6 Å². The van der Waals surface area contributed by atoms with E-state index in [4.69, 9.17) is 4.74 Å². The average Bonchev–Trinajstić information content (AvgIpc) is 3.39. The monoisotopic (exact) mass is 477 g/mol. The Balaban J connectivity index is 1.21. The van der Waals surface area contributed by atoms with E-state index in [2.05, 4.69) is 39.4 Å². The molecule has 0 radical (unpaired) electrons. The van der Waals surface area contributed by atoms with Gasteiger partial charge in [-0.15, -0.1) is 10.2 Å². The molecule has 0 spiro atoms. The van der Waals surface area contributed by atoms with E-state index in [1.54, 1.807) is 43.2 Å². The molecule has 3 aliphatic heterocycles. The second kappa shape index (κ2) is 7.55. The summed E-state index contributed by atoms with van der Waals surface area (Å²) in [7, 11) is 1.76. The van der Waals surface area contributed by atoms with Crippen molar-refractivity contribution in [3.05, 3.63) is 47.2 Å². The number of carbonyl (C=O) groups is 1.